The molecule has 0 aliphatic carbocycles. The number of ether oxygens (including phenoxy) is 2. The van der Waals surface area contributed by atoms with Crippen molar-refractivity contribution in [2.45, 2.75) is 12.6 Å². The SMILES string of the molecule is COCC(N)C(=O)N(C)Cc1ccccc1N1CCOCC1.Cl.Cl. The molecule has 0 aromatic heterocycles. The van der Waals surface area contributed by atoms with Crippen molar-refractivity contribution >= 4 is 36.4 Å². The molecule has 2 N–H and O–H groups in total. The van der Waals surface area contributed by atoms with Crippen LogP contribution in [0.1, 0.15) is 5.56 Å². The molecule has 1 unspecified atom stereocenters. The van der Waals surface area contributed by atoms with Crippen molar-refractivity contribution in [3.05, 3.63) is 29.8 Å². The van der Waals surface area contributed by atoms with Crippen LogP contribution in [0.15, 0.2) is 24.3 Å². The summed E-state index contributed by atoms with van der Waals surface area (Å²) in [5.74, 6) is -0.112. The van der Waals surface area contributed by atoms with E-state index in [0.29, 0.717) is 6.54 Å². The number of nitrogens with zero attached hydrogens (tertiary/aromatic N) is 2. The van der Waals surface area contributed by atoms with Crippen LogP contribution in [-0.2, 0) is 20.8 Å². The summed E-state index contributed by atoms with van der Waals surface area (Å²) in [7, 11) is 3.31. The lowest BCUT2D eigenvalue weighted by Gasteiger charge is -2.31. The second-order valence-corrected chi connectivity index (χ2v) is 5.48. The number of anilines is 1. The minimum Gasteiger partial charge on any atom is -0.383 e. The third-order valence-electron chi connectivity index (χ3n) is 3.79. The Morgan fingerprint density at radius 2 is 1.96 bits per heavy atom. The monoisotopic (exact) mass is 379 g/mol. The predicted octanol–water partition coefficient (Wildman–Crippen LogP) is 1.30. The van der Waals surface area contributed by atoms with E-state index < -0.39 is 6.04 Å². The van der Waals surface area contributed by atoms with Crippen molar-refractivity contribution in [1.29, 1.82) is 0 Å². The first-order valence-electron chi connectivity index (χ1n) is 7.53. The Hall–Kier alpha value is -1.05. The van der Waals surface area contributed by atoms with Gasteiger partial charge in [-0.2, -0.15) is 0 Å². The zero-order valence-electron chi connectivity index (χ0n) is 14.1. The first-order chi connectivity index (χ1) is 10.6. The van der Waals surface area contributed by atoms with E-state index in [9.17, 15) is 4.79 Å². The molecule has 1 atom stereocenters. The number of nitrogens with two attached hydrogens (primary N) is 1. The van der Waals surface area contributed by atoms with Crippen LogP contribution >= 0.6 is 24.8 Å². The van der Waals surface area contributed by atoms with E-state index in [1.807, 2.05) is 12.1 Å². The molecule has 1 aromatic rings. The number of rotatable bonds is 6. The summed E-state index contributed by atoms with van der Waals surface area (Å²) in [5.41, 5.74) is 8.09. The zero-order valence-corrected chi connectivity index (χ0v) is 15.8. The Kier molecular flexibility index (Phi) is 11.0. The van der Waals surface area contributed by atoms with Gasteiger partial charge in [0.25, 0.3) is 0 Å². The fraction of sp³-hybridized carbons (Fsp3) is 0.562. The van der Waals surface area contributed by atoms with Crippen LogP contribution in [0.4, 0.5) is 5.69 Å². The van der Waals surface area contributed by atoms with Gasteiger partial charge in [0.05, 0.1) is 19.8 Å². The normalized spacial score (nSPS) is 15.0. The second kappa shape index (κ2) is 11.5. The van der Waals surface area contributed by atoms with Gasteiger partial charge in [-0.25, -0.2) is 0 Å². The number of methoxy groups -OCH3 is 1. The Labute approximate surface area is 156 Å². The van der Waals surface area contributed by atoms with Gasteiger partial charge in [-0.3, -0.25) is 4.79 Å². The highest BCUT2D eigenvalue weighted by Gasteiger charge is 2.20. The van der Waals surface area contributed by atoms with Crippen molar-refractivity contribution in [3.8, 4) is 0 Å². The maximum Gasteiger partial charge on any atom is 0.241 e. The number of likely N-dealkylation sites (N-methyl/N-ethyl adjacent to an activating group) is 1. The van der Waals surface area contributed by atoms with E-state index in [0.717, 1.165) is 37.6 Å². The van der Waals surface area contributed by atoms with Gasteiger partial charge in [0.15, 0.2) is 0 Å². The maximum absolute atomic E-state index is 12.2. The molecule has 0 bridgehead atoms. The number of morpholine rings is 1. The first kappa shape index (κ1) is 22.9. The number of halogens is 2. The molecule has 24 heavy (non-hydrogen) atoms. The summed E-state index contributed by atoms with van der Waals surface area (Å²) in [6.07, 6.45) is 0. The van der Waals surface area contributed by atoms with Gasteiger partial charge in [-0.05, 0) is 11.6 Å². The largest absolute Gasteiger partial charge is 0.383 e. The minimum atomic E-state index is -0.620. The number of hydrogen-bond donors (Lipinski definition) is 1. The fourth-order valence-corrected chi connectivity index (χ4v) is 2.62. The van der Waals surface area contributed by atoms with Crippen LogP contribution in [0.3, 0.4) is 0 Å². The maximum atomic E-state index is 12.2. The van der Waals surface area contributed by atoms with Gasteiger partial charge >= 0.3 is 0 Å². The standard InChI is InChI=1S/C16H25N3O3.2ClH/c1-18(16(20)14(17)12-21-2)11-13-5-3-4-6-15(13)19-7-9-22-10-8-19;;/h3-6,14H,7-12,17H2,1-2H3;2*1H. The zero-order chi connectivity index (χ0) is 15.9. The first-order valence-corrected chi connectivity index (χ1v) is 7.53. The molecule has 1 heterocycles. The number of hydrogen-bond acceptors (Lipinski definition) is 5. The van der Waals surface area contributed by atoms with Crippen molar-refractivity contribution < 1.29 is 14.3 Å². The molecule has 1 aliphatic heterocycles. The van der Waals surface area contributed by atoms with Crippen LogP contribution in [0.25, 0.3) is 0 Å². The van der Waals surface area contributed by atoms with E-state index in [2.05, 4.69) is 17.0 Å². The Balaban J connectivity index is 0.00000264. The molecule has 0 saturated carbocycles. The van der Waals surface area contributed by atoms with Gasteiger partial charge in [-0.1, -0.05) is 18.2 Å². The molecule has 0 spiro atoms. The molecule has 6 nitrogen and oxygen atoms in total. The number of benzene rings is 1. The van der Waals surface area contributed by atoms with Crippen LogP contribution in [0.2, 0.25) is 0 Å². The predicted molar refractivity (Wildman–Crippen MR) is 100 cm³/mol. The van der Waals surface area contributed by atoms with Gasteiger partial charge in [-0.15, -0.1) is 24.8 Å². The van der Waals surface area contributed by atoms with E-state index in [1.54, 1.807) is 19.1 Å². The summed E-state index contributed by atoms with van der Waals surface area (Å²) in [6, 6.07) is 7.54. The van der Waals surface area contributed by atoms with Crippen molar-refractivity contribution in [2.24, 2.45) is 5.73 Å². The van der Waals surface area contributed by atoms with Crippen molar-refractivity contribution in [1.82, 2.24) is 4.90 Å². The lowest BCUT2D eigenvalue weighted by atomic mass is 10.1. The number of amides is 1. The van der Waals surface area contributed by atoms with Crippen LogP contribution in [0, 0.1) is 0 Å². The van der Waals surface area contributed by atoms with Crippen molar-refractivity contribution in [2.75, 3.05) is 52.0 Å². The summed E-state index contributed by atoms with van der Waals surface area (Å²) in [4.78, 5) is 16.2. The van der Waals surface area contributed by atoms with E-state index in [-0.39, 0.29) is 37.3 Å². The van der Waals surface area contributed by atoms with Gasteiger partial charge < -0.3 is 25.0 Å². The molecule has 0 radical (unpaired) electrons. The topological polar surface area (TPSA) is 68.0 Å². The minimum absolute atomic E-state index is 0. The summed E-state index contributed by atoms with van der Waals surface area (Å²) < 4.78 is 10.4. The van der Waals surface area contributed by atoms with Crippen molar-refractivity contribution in [3.63, 3.8) is 0 Å². The average molecular weight is 380 g/mol. The van der Waals surface area contributed by atoms with Gasteiger partial charge in [0.1, 0.15) is 6.04 Å². The highest BCUT2D eigenvalue weighted by Crippen LogP contribution is 2.22. The quantitative estimate of drug-likeness (QED) is 0.806. The van der Waals surface area contributed by atoms with E-state index in [1.165, 1.54) is 0 Å². The summed E-state index contributed by atoms with van der Waals surface area (Å²) in [5, 5.41) is 0. The van der Waals surface area contributed by atoms with Gasteiger partial charge in [0.2, 0.25) is 5.91 Å². The van der Waals surface area contributed by atoms with Crippen LogP contribution in [0.5, 0.6) is 0 Å². The fourth-order valence-electron chi connectivity index (χ4n) is 2.62. The molecule has 1 fully saturated rings. The molecule has 1 aliphatic rings. The smallest absolute Gasteiger partial charge is 0.241 e. The Morgan fingerprint density at radius 1 is 1.33 bits per heavy atom. The van der Waals surface area contributed by atoms with E-state index in [4.69, 9.17) is 15.2 Å². The third kappa shape index (κ3) is 6.11. The lowest BCUT2D eigenvalue weighted by Crippen LogP contribution is -2.44. The Morgan fingerprint density at radius 3 is 2.58 bits per heavy atom. The second-order valence-electron chi connectivity index (χ2n) is 5.48. The Bertz CT molecular complexity index is 499. The third-order valence-corrected chi connectivity index (χ3v) is 3.79. The lowest BCUT2D eigenvalue weighted by molar-refractivity contribution is -0.132. The van der Waals surface area contributed by atoms with Crippen LogP contribution < -0.4 is 10.6 Å². The summed E-state index contributed by atoms with van der Waals surface area (Å²) >= 11 is 0. The molecule has 138 valence electrons. The molecule has 1 saturated heterocycles. The molecule has 2 rings (SSSR count). The highest BCUT2D eigenvalue weighted by atomic mass is 35.5. The number of para-hydroxylation sites is 1. The molecular weight excluding hydrogens is 353 g/mol. The van der Waals surface area contributed by atoms with E-state index >= 15 is 0 Å². The average Bonchev–Trinajstić information content (AvgIpc) is 2.55. The number of carbonyl (C=O) groups is 1. The molecule has 8 heteroatoms. The number of carbonyl (C=O) groups excluding carboxylic acids is 1. The van der Waals surface area contributed by atoms with Gasteiger partial charge in [0, 0.05) is 39.5 Å². The molecule has 1 amide bonds. The molecule has 1 aromatic carbocycles. The van der Waals surface area contributed by atoms with Crippen LogP contribution in [-0.4, -0.2) is 63.9 Å². The summed E-state index contributed by atoms with van der Waals surface area (Å²) in [6.45, 7) is 3.98. The molecular formula is C16H27Cl2N3O3. The highest BCUT2D eigenvalue weighted by molar-refractivity contribution is 5.85.